The summed E-state index contributed by atoms with van der Waals surface area (Å²) in [5, 5.41) is 0. The van der Waals surface area contributed by atoms with Crippen molar-refractivity contribution in [3.63, 3.8) is 0 Å². The lowest BCUT2D eigenvalue weighted by Crippen LogP contribution is -2.46. The van der Waals surface area contributed by atoms with Crippen molar-refractivity contribution in [1.29, 1.82) is 0 Å². The number of hydrogen-bond donors (Lipinski definition) is 0. The molecule has 3 atom stereocenters. The molecule has 18 heavy (non-hydrogen) atoms. The van der Waals surface area contributed by atoms with Gasteiger partial charge in [-0.25, -0.2) is 0 Å². The molecule has 0 aromatic heterocycles. The minimum Gasteiger partial charge on any atom is -0.460 e. The van der Waals surface area contributed by atoms with Gasteiger partial charge in [0, 0.05) is 20.3 Å². The van der Waals surface area contributed by atoms with Crippen LogP contribution in [0.15, 0.2) is 0 Å². The van der Waals surface area contributed by atoms with Gasteiger partial charge in [-0.1, -0.05) is 0 Å². The second-order valence-corrected chi connectivity index (χ2v) is 4.65. The third-order valence-electron chi connectivity index (χ3n) is 2.75. The van der Waals surface area contributed by atoms with Gasteiger partial charge in [-0.3, -0.25) is 9.59 Å². The Balaban J connectivity index is 1.90. The molecule has 1 saturated heterocycles. The standard InChI is InChI=1S/C12H18O6/c1-7(13)16-10-5-11(17-8(2)14)12(15-6-10)18-9-3-4-9/h9-12H,3-6H2,1-2H3/t10-,11?,12+/m0/s1. The third kappa shape index (κ3) is 3.96. The summed E-state index contributed by atoms with van der Waals surface area (Å²) in [6, 6.07) is 0. The lowest BCUT2D eigenvalue weighted by Gasteiger charge is -2.34. The van der Waals surface area contributed by atoms with Crippen LogP contribution < -0.4 is 0 Å². The van der Waals surface area contributed by atoms with Crippen molar-refractivity contribution in [3.05, 3.63) is 0 Å². The molecule has 2 fully saturated rings. The highest BCUT2D eigenvalue weighted by molar-refractivity contribution is 5.66. The van der Waals surface area contributed by atoms with Crippen molar-refractivity contribution in [2.75, 3.05) is 6.61 Å². The second kappa shape index (κ2) is 5.67. The number of ether oxygens (including phenoxy) is 4. The van der Waals surface area contributed by atoms with Gasteiger partial charge >= 0.3 is 11.9 Å². The van der Waals surface area contributed by atoms with Crippen LogP contribution in [0.25, 0.3) is 0 Å². The summed E-state index contributed by atoms with van der Waals surface area (Å²) in [6.07, 6.45) is 1.20. The van der Waals surface area contributed by atoms with Crippen molar-refractivity contribution in [2.45, 2.75) is 57.7 Å². The summed E-state index contributed by atoms with van der Waals surface area (Å²) in [5.74, 6) is -0.761. The Labute approximate surface area is 106 Å². The fourth-order valence-electron chi connectivity index (χ4n) is 1.90. The maximum absolute atomic E-state index is 11.0. The molecule has 0 aromatic rings. The van der Waals surface area contributed by atoms with E-state index in [2.05, 4.69) is 0 Å². The first-order chi connectivity index (χ1) is 8.54. The molecule has 0 amide bonds. The molecular weight excluding hydrogens is 240 g/mol. The zero-order valence-electron chi connectivity index (χ0n) is 10.6. The van der Waals surface area contributed by atoms with E-state index in [-0.39, 0.29) is 24.8 Å². The van der Waals surface area contributed by atoms with E-state index in [1.54, 1.807) is 0 Å². The average molecular weight is 258 g/mol. The van der Waals surface area contributed by atoms with Gasteiger partial charge < -0.3 is 18.9 Å². The van der Waals surface area contributed by atoms with Crippen molar-refractivity contribution in [2.24, 2.45) is 0 Å². The summed E-state index contributed by atoms with van der Waals surface area (Å²) in [7, 11) is 0. The summed E-state index contributed by atoms with van der Waals surface area (Å²) in [4.78, 5) is 21.9. The molecule has 0 N–H and O–H groups in total. The van der Waals surface area contributed by atoms with E-state index in [9.17, 15) is 9.59 Å². The lowest BCUT2D eigenvalue weighted by molar-refractivity contribution is -0.250. The number of carbonyl (C=O) groups is 2. The van der Waals surface area contributed by atoms with Gasteiger partial charge in [-0.2, -0.15) is 0 Å². The Bertz CT molecular complexity index is 325. The van der Waals surface area contributed by atoms with Gasteiger partial charge in [0.15, 0.2) is 12.4 Å². The Morgan fingerprint density at radius 1 is 1.06 bits per heavy atom. The largest absolute Gasteiger partial charge is 0.460 e. The maximum Gasteiger partial charge on any atom is 0.303 e. The molecule has 2 rings (SSSR count). The molecule has 6 nitrogen and oxygen atoms in total. The van der Waals surface area contributed by atoms with Crippen LogP contribution in [0.3, 0.4) is 0 Å². The summed E-state index contributed by atoms with van der Waals surface area (Å²) in [5.41, 5.74) is 0. The number of carbonyl (C=O) groups excluding carboxylic acids is 2. The molecule has 0 radical (unpaired) electrons. The van der Waals surface area contributed by atoms with E-state index in [1.807, 2.05) is 0 Å². The van der Waals surface area contributed by atoms with E-state index in [4.69, 9.17) is 18.9 Å². The maximum atomic E-state index is 11.0. The molecule has 2 aliphatic rings. The second-order valence-electron chi connectivity index (χ2n) is 4.65. The van der Waals surface area contributed by atoms with Crippen molar-refractivity contribution in [1.82, 2.24) is 0 Å². The van der Waals surface area contributed by atoms with Crippen molar-refractivity contribution >= 4 is 11.9 Å². The molecule has 0 bridgehead atoms. The summed E-state index contributed by atoms with van der Waals surface area (Å²) in [6.45, 7) is 2.95. The fraction of sp³-hybridized carbons (Fsp3) is 0.833. The Kier molecular flexibility index (Phi) is 4.19. The van der Waals surface area contributed by atoms with Crippen LogP contribution in [-0.4, -0.2) is 43.1 Å². The topological polar surface area (TPSA) is 71.1 Å². The molecule has 1 saturated carbocycles. The highest BCUT2D eigenvalue weighted by Crippen LogP contribution is 2.30. The molecular formula is C12H18O6. The van der Waals surface area contributed by atoms with Crippen molar-refractivity contribution in [3.8, 4) is 0 Å². The molecule has 0 spiro atoms. The molecule has 1 unspecified atom stereocenters. The van der Waals surface area contributed by atoms with Gasteiger partial charge in [0.2, 0.25) is 0 Å². The zero-order chi connectivity index (χ0) is 13.1. The van der Waals surface area contributed by atoms with Crippen LogP contribution in [0.4, 0.5) is 0 Å². The van der Waals surface area contributed by atoms with E-state index in [0.29, 0.717) is 6.42 Å². The number of rotatable bonds is 4. The zero-order valence-corrected chi connectivity index (χ0v) is 10.6. The molecule has 102 valence electrons. The monoisotopic (exact) mass is 258 g/mol. The predicted molar refractivity (Wildman–Crippen MR) is 59.6 cm³/mol. The van der Waals surface area contributed by atoms with Gasteiger partial charge in [-0.05, 0) is 12.8 Å². The molecule has 0 aromatic carbocycles. The van der Waals surface area contributed by atoms with Crippen LogP contribution >= 0.6 is 0 Å². The van der Waals surface area contributed by atoms with E-state index in [1.165, 1.54) is 13.8 Å². The van der Waals surface area contributed by atoms with E-state index in [0.717, 1.165) is 12.8 Å². The first-order valence-corrected chi connectivity index (χ1v) is 6.16. The smallest absolute Gasteiger partial charge is 0.303 e. The SMILES string of the molecule is CC(=O)OC1C[C@H](OC(C)=O)CO[C@@H]1OC1CC1. The first kappa shape index (κ1) is 13.3. The summed E-state index contributed by atoms with van der Waals surface area (Å²) >= 11 is 0. The van der Waals surface area contributed by atoms with Gasteiger partial charge in [0.1, 0.15) is 6.10 Å². The molecule has 1 aliphatic carbocycles. The first-order valence-electron chi connectivity index (χ1n) is 6.16. The minimum atomic E-state index is -0.548. The molecule has 6 heteroatoms. The molecule has 1 aliphatic heterocycles. The highest BCUT2D eigenvalue weighted by Gasteiger charge is 2.39. The predicted octanol–water partition coefficient (Wildman–Crippen LogP) is 0.775. The number of hydrogen-bond acceptors (Lipinski definition) is 6. The summed E-state index contributed by atoms with van der Waals surface area (Å²) < 4.78 is 21.3. The Hall–Kier alpha value is -1.14. The van der Waals surface area contributed by atoms with Crippen molar-refractivity contribution < 1.29 is 28.5 Å². The van der Waals surface area contributed by atoms with E-state index < -0.39 is 18.4 Å². The highest BCUT2D eigenvalue weighted by atomic mass is 16.7. The molecule has 1 heterocycles. The Morgan fingerprint density at radius 2 is 1.72 bits per heavy atom. The van der Waals surface area contributed by atoms with Crippen LogP contribution in [0.2, 0.25) is 0 Å². The normalized spacial score (nSPS) is 31.8. The lowest BCUT2D eigenvalue weighted by atomic mass is 10.1. The van der Waals surface area contributed by atoms with Gasteiger partial charge in [0.25, 0.3) is 0 Å². The fourth-order valence-corrected chi connectivity index (χ4v) is 1.90. The quantitative estimate of drug-likeness (QED) is 0.694. The van der Waals surface area contributed by atoms with Crippen LogP contribution in [0.5, 0.6) is 0 Å². The van der Waals surface area contributed by atoms with Gasteiger partial charge in [0.05, 0.1) is 12.7 Å². The third-order valence-corrected chi connectivity index (χ3v) is 2.75. The number of esters is 2. The van der Waals surface area contributed by atoms with Gasteiger partial charge in [-0.15, -0.1) is 0 Å². The minimum absolute atomic E-state index is 0.207. The Morgan fingerprint density at radius 3 is 2.28 bits per heavy atom. The van der Waals surface area contributed by atoms with Crippen LogP contribution in [0.1, 0.15) is 33.1 Å². The average Bonchev–Trinajstić information content (AvgIpc) is 3.04. The van der Waals surface area contributed by atoms with Crippen LogP contribution in [0, 0.1) is 0 Å². The van der Waals surface area contributed by atoms with Crippen LogP contribution in [-0.2, 0) is 28.5 Å². The van der Waals surface area contributed by atoms with E-state index >= 15 is 0 Å².